The van der Waals surface area contributed by atoms with Crippen molar-refractivity contribution >= 4 is 5.97 Å². The molecule has 0 amide bonds. The van der Waals surface area contributed by atoms with Gasteiger partial charge in [0.2, 0.25) is 0 Å². The van der Waals surface area contributed by atoms with E-state index in [-0.39, 0.29) is 11.6 Å². The molecule has 1 aliphatic heterocycles. The zero-order valence-electron chi connectivity index (χ0n) is 8.34. The maximum atomic E-state index is 11.1. The Kier molecular flexibility index (Phi) is 2.31. The van der Waals surface area contributed by atoms with Crippen LogP contribution < -0.4 is 0 Å². The number of rotatable bonds is 1. The Bertz CT molecular complexity index is 212. The summed E-state index contributed by atoms with van der Waals surface area (Å²) in [6.45, 7) is 2.24. The van der Waals surface area contributed by atoms with Crippen LogP contribution in [0.25, 0.3) is 0 Å². The van der Waals surface area contributed by atoms with E-state index in [2.05, 4.69) is 6.92 Å². The van der Waals surface area contributed by atoms with Gasteiger partial charge < -0.3 is 4.74 Å². The van der Waals surface area contributed by atoms with Gasteiger partial charge in [0, 0.05) is 6.42 Å². The fourth-order valence-corrected chi connectivity index (χ4v) is 2.78. The number of esters is 1. The molecular weight excluding hydrogens is 164 g/mol. The Morgan fingerprint density at radius 1 is 1.54 bits per heavy atom. The van der Waals surface area contributed by atoms with Crippen LogP contribution in [0.2, 0.25) is 0 Å². The number of carbonyl (C=O) groups is 1. The highest BCUT2D eigenvalue weighted by Crippen LogP contribution is 2.43. The Morgan fingerprint density at radius 3 is 3.00 bits per heavy atom. The average Bonchev–Trinajstić information content (AvgIpc) is 2.47. The predicted molar refractivity (Wildman–Crippen MR) is 50.3 cm³/mol. The predicted octanol–water partition coefficient (Wildman–Crippen LogP) is 2.66. The van der Waals surface area contributed by atoms with Gasteiger partial charge in [0.25, 0.3) is 0 Å². The third-order valence-corrected chi connectivity index (χ3v) is 3.60. The Hall–Kier alpha value is -0.530. The van der Waals surface area contributed by atoms with E-state index >= 15 is 0 Å². The molecule has 2 fully saturated rings. The summed E-state index contributed by atoms with van der Waals surface area (Å²) in [6, 6.07) is 0. The summed E-state index contributed by atoms with van der Waals surface area (Å²) in [6.07, 6.45) is 7.66. The minimum absolute atomic E-state index is 0.0248. The van der Waals surface area contributed by atoms with E-state index in [1.54, 1.807) is 0 Å². The van der Waals surface area contributed by atoms with E-state index < -0.39 is 0 Å². The SMILES string of the molecule is CCC1CCCC2(CCC(=O)O2)C1. The molecule has 0 N–H and O–H groups in total. The van der Waals surface area contributed by atoms with Crippen molar-refractivity contribution in [2.45, 2.75) is 57.5 Å². The summed E-state index contributed by atoms with van der Waals surface area (Å²) in [4.78, 5) is 11.1. The van der Waals surface area contributed by atoms with Gasteiger partial charge in [-0.15, -0.1) is 0 Å². The molecule has 2 aliphatic rings. The summed E-state index contributed by atoms with van der Waals surface area (Å²) >= 11 is 0. The number of hydrogen-bond donors (Lipinski definition) is 0. The van der Waals surface area contributed by atoms with Crippen molar-refractivity contribution in [2.75, 3.05) is 0 Å². The van der Waals surface area contributed by atoms with Crippen LogP contribution in [0.4, 0.5) is 0 Å². The smallest absolute Gasteiger partial charge is 0.306 e. The summed E-state index contributed by atoms with van der Waals surface area (Å²) in [5.41, 5.74) is -0.0317. The zero-order chi connectivity index (χ0) is 9.31. The van der Waals surface area contributed by atoms with Crippen LogP contribution in [-0.2, 0) is 9.53 Å². The molecule has 2 heteroatoms. The van der Waals surface area contributed by atoms with Gasteiger partial charge in [-0.1, -0.05) is 19.8 Å². The summed E-state index contributed by atoms with van der Waals surface area (Å²) in [7, 11) is 0. The van der Waals surface area contributed by atoms with E-state index in [1.807, 2.05) is 0 Å². The molecular formula is C11H18O2. The van der Waals surface area contributed by atoms with E-state index in [4.69, 9.17) is 4.74 Å². The maximum Gasteiger partial charge on any atom is 0.306 e. The van der Waals surface area contributed by atoms with Gasteiger partial charge in [0.1, 0.15) is 5.60 Å². The molecule has 2 atom stereocenters. The first kappa shape index (κ1) is 9.04. The highest BCUT2D eigenvalue weighted by molar-refractivity contribution is 5.72. The van der Waals surface area contributed by atoms with Crippen molar-refractivity contribution in [1.82, 2.24) is 0 Å². The van der Waals surface area contributed by atoms with Crippen LogP contribution in [0, 0.1) is 5.92 Å². The second kappa shape index (κ2) is 3.32. The van der Waals surface area contributed by atoms with Crippen molar-refractivity contribution in [3.63, 3.8) is 0 Å². The van der Waals surface area contributed by atoms with Gasteiger partial charge in [-0.25, -0.2) is 0 Å². The third kappa shape index (κ3) is 1.72. The zero-order valence-corrected chi connectivity index (χ0v) is 8.34. The fourth-order valence-electron chi connectivity index (χ4n) is 2.78. The van der Waals surface area contributed by atoms with Crippen molar-refractivity contribution in [3.8, 4) is 0 Å². The molecule has 2 rings (SSSR count). The summed E-state index contributed by atoms with van der Waals surface area (Å²) < 4.78 is 5.48. The lowest BCUT2D eigenvalue weighted by Crippen LogP contribution is -2.34. The highest BCUT2D eigenvalue weighted by Gasteiger charge is 2.43. The van der Waals surface area contributed by atoms with Gasteiger partial charge in [0.15, 0.2) is 0 Å². The van der Waals surface area contributed by atoms with Crippen LogP contribution in [0.1, 0.15) is 51.9 Å². The number of carbonyl (C=O) groups excluding carboxylic acids is 1. The van der Waals surface area contributed by atoms with Crippen molar-refractivity contribution in [2.24, 2.45) is 5.92 Å². The maximum absolute atomic E-state index is 11.1. The van der Waals surface area contributed by atoms with Crippen LogP contribution in [0.5, 0.6) is 0 Å². The third-order valence-electron chi connectivity index (χ3n) is 3.60. The van der Waals surface area contributed by atoms with Gasteiger partial charge in [-0.05, 0) is 31.6 Å². The molecule has 74 valence electrons. The second-order valence-electron chi connectivity index (χ2n) is 4.53. The molecule has 13 heavy (non-hydrogen) atoms. The highest BCUT2D eigenvalue weighted by atomic mass is 16.6. The van der Waals surface area contributed by atoms with E-state index in [1.165, 1.54) is 19.3 Å². The monoisotopic (exact) mass is 182 g/mol. The first-order chi connectivity index (χ1) is 6.24. The first-order valence-corrected chi connectivity index (χ1v) is 5.46. The van der Waals surface area contributed by atoms with E-state index in [0.717, 1.165) is 25.2 Å². The first-order valence-electron chi connectivity index (χ1n) is 5.46. The lowest BCUT2D eigenvalue weighted by atomic mass is 9.76. The molecule has 0 bridgehead atoms. The van der Waals surface area contributed by atoms with Crippen LogP contribution in [0.3, 0.4) is 0 Å². The fraction of sp³-hybridized carbons (Fsp3) is 0.909. The van der Waals surface area contributed by atoms with Crippen molar-refractivity contribution in [3.05, 3.63) is 0 Å². The molecule has 0 aromatic heterocycles. The Balaban J connectivity index is 2.02. The molecule has 0 radical (unpaired) electrons. The van der Waals surface area contributed by atoms with Crippen LogP contribution in [0.15, 0.2) is 0 Å². The molecule has 0 aromatic carbocycles. The molecule has 1 aliphatic carbocycles. The standard InChI is InChI=1S/C11H18O2/c1-2-9-4-3-6-11(8-9)7-5-10(12)13-11/h9H,2-8H2,1H3. The lowest BCUT2D eigenvalue weighted by molar-refractivity contribution is -0.152. The minimum Gasteiger partial charge on any atom is -0.459 e. The lowest BCUT2D eigenvalue weighted by Gasteiger charge is -2.36. The quantitative estimate of drug-likeness (QED) is 0.583. The van der Waals surface area contributed by atoms with Gasteiger partial charge in [-0.3, -0.25) is 4.79 Å². The van der Waals surface area contributed by atoms with Gasteiger partial charge in [0.05, 0.1) is 0 Å². The minimum atomic E-state index is -0.0317. The Labute approximate surface area is 79.7 Å². The molecule has 1 heterocycles. The van der Waals surface area contributed by atoms with Crippen LogP contribution in [-0.4, -0.2) is 11.6 Å². The summed E-state index contributed by atoms with van der Waals surface area (Å²) in [5.74, 6) is 0.816. The van der Waals surface area contributed by atoms with Crippen LogP contribution >= 0.6 is 0 Å². The second-order valence-corrected chi connectivity index (χ2v) is 4.53. The number of hydrogen-bond acceptors (Lipinski definition) is 2. The average molecular weight is 182 g/mol. The molecule has 2 unspecified atom stereocenters. The van der Waals surface area contributed by atoms with E-state index in [0.29, 0.717) is 6.42 Å². The number of ether oxygens (including phenoxy) is 1. The molecule has 1 spiro atoms. The molecule has 1 saturated carbocycles. The van der Waals surface area contributed by atoms with Gasteiger partial charge in [-0.2, -0.15) is 0 Å². The normalized spacial score (nSPS) is 39.5. The largest absolute Gasteiger partial charge is 0.459 e. The summed E-state index contributed by atoms with van der Waals surface area (Å²) in [5, 5.41) is 0. The van der Waals surface area contributed by atoms with Crippen molar-refractivity contribution in [1.29, 1.82) is 0 Å². The molecule has 0 aromatic rings. The molecule has 2 nitrogen and oxygen atoms in total. The Morgan fingerprint density at radius 2 is 2.38 bits per heavy atom. The topological polar surface area (TPSA) is 26.3 Å². The van der Waals surface area contributed by atoms with Crippen molar-refractivity contribution < 1.29 is 9.53 Å². The molecule has 1 saturated heterocycles. The van der Waals surface area contributed by atoms with Gasteiger partial charge >= 0.3 is 5.97 Å². The van der Waals surface area contributed by atoms with E-state index in [9.17, 15) is 4.79 Å².